The van der Waals surface area contributed by atoms with Crippen LogP contribution >= 0.6 is 11.3 Å². The van der Waals surface area contributed by atoms with Crippen molar-refractivity contribution in [3.05, 3.63) is 34.8 Å². The molecule has 0 saturated carbocycles. The van der Waals surface area contributed by atoms with E-state index in [9.17, 15) is 9.59 Å². The molecule has 1 aliphatic heterocycles. The Morgan fingerprint density at radius 2 is 2.12 bits per heavy atom. The molecule has 2 aromatic rings. The Labute approximate surface area is 156 Å². The molecular weight excluding hydrogens is 352 g/mol. The van der Waals surface area contributed by atoms with Gasteiger partial charge in [0.15, 0.2) is 0 Å². The van der Waals surface area contributed by atoms with Gasteiger partial charge in [0.1, 0.15) is 5.01 Å². The first kappa shape index (κ1) is 18.5. The normalized spacial score (nSPS) is 16.9. The third kappa shape index (κ3) is 4.44. The number of hydrogen-bond donors (Lipinski definition) is 1. The lowest BCUT2D eigenvalue weighted by Gasteiger charge is -2.16. The number of nitrogens with one attached hydrogen (secondary N) is 1. The summed E-state index contributed by atoms with van der Waals surface area (Å²) < 4.78 is 5.29. The second-order valence-electron chi connectivity index (χ2n) is 6.18. The first-order valence-corrected chi connectivity index (χ1v) is 9.46. The lowest BCUT2D eigenvalue weighted by molar-refractivity contribution is -0.122. The Morgan fingerprint density at radius 1 is 1.35 bits per heavy atom. The van der Waals surface area contributed by atoms with Crippen LogP contribution in [-0.2, 0) is 20.7 Å². The summed E-state index contributed by atoms with van der Waals surface area (Å²) in [5.41, 5.74) is 1.95. The average Bonchev–Trinajstić information content (AvgIpc) is 3.23. The van der Waals surface area contributed by atoms with Crippen molar-refractivity contribution in [2.45, 2.75) is 26.7 Å². The number of carbonyl (C=O) groups is 2. The minimum atomic E-state index is -0.389. The van der Waals surface area contributed by atoms with Crippen molar-refractivity contribution >= 4 is 34.0 Å². The summed E-state index contributed by atoms with van der Waals surface area (Å²) in [5, 5.41) is 12.1. The molecule has 2 amide bonds. The predicted octanol–water partition coefficient (Wildman–Crippen LogP) is 2.42. The van der Waals surface area contributed by atoms with E-state index in [1.807, 2.05) is 38.1 Å². The summed E-state index contributed by atoms with van der Waals surface area (Å²) in [6, 6.07) is 7.73. The monoisotopic (exact) mass is 374 g/mol. The molecule has 0 spiro atoms. The Kier molecular flexibility index (Phi) is 5.95. The van der Waals surface area contributed by atoms with Crippen LogP contribution < -0.4 is 10.2 Å². The minimum absolute atomic E-state index is 0.0383. The van der Waals surface area contributed by atoms with E-state index >= 15 is 0 Å². The molecule has 1 saturated heterocycles. The van der Waals surface area contributed by atoms with E-state index in [0.717, 1.165) is 16.3 Å². The second kappa shape index (κ2) is 8.37. The number of aromatic nitrogens is 2. The highest BCUT2D eigenvalue weighted by Gasteiger charge is 2.35. The summed E-state index contributed by atoms with van der Waals surface area (Å²) in [6.07, 6.45) is 0.875. The standard InChI is InChI=1S/C18H22N4O3S/c1-3-25-9-8-15-20-21-18(26-15)19-17(24)13-10-16(23)22(11-13)14-6-4-12(2)5-7-14/h4-7,13H,3,8-11H2,1-2H3,(H,19,21,24)/t13-/m1/s1. The molecule has 0 unspecified atom stereocenters. The summed E-state index contributed by atoms with van der Waals surface area (Å²) in [4.78, 5) is 26.4. The van der Waals surface area contributed by atoms with Gasteiger partial charge in [-0.3, -0.25) is 9.59 Å². The topological polar surface area (TPSA) is 84.4 Å². The molecular formula is C18H22N4O3S. The zero-order valence-electron chi connectivity index (χ0n) is 14.9. The van der Waals surface area contributed by atoms with Crippen LogP contribution in [0, 0.1) is 12.8 Å². The van der Waals surface area contributed by atoms with Crippen molar-refractivity contribution in [3.8, 4) is 0 Å². The van der Waals surface area contributed by atoms with E-state index in [-0.39, 0.29) is 24.2 Å². The van der Waals surface area contributed by atoms with Crippen molar-refractivity contribution in [3.63, 3.8) is 0 Å². The smallest absolute Gasteiger partial charge is 0.231 e. The SMILES string of the molecule is CCOCCc1nnc(NC(=O)[C@@H]2CC(=O)N(c3ccc(C)cc3)C2)s1. The van der Waals surface area contributed by atoms with Crippen molar-refractivity contribution in [2.24, 2.45) is 5.92 Å². The van der Waals surface area contributed by atoms with Gasteiger partial charge in [0.25, 0.3) is 0 Å². The number of nitrogens with zero attached hydrogens (tertiary/aromatic N) is 3. The Hall–Kier alpha value is -2.32. The van der Waals surface area contributed by atoms with Gasteiger partial charge in [0.05, 0.1) is 12.5 Å². The lowest BCUT2D eigenvalue weighted by Crippen LogP contribution is -2.28. The molecule has 1 fully saturated rings. The molecule has 1 atom stereocenters. The van der Waals surface area contributed by atoms with Crippen molar-refractivity contribution < 1.29 is 14.3 Å². The Bertz CT molecular complexity index is 775. The van der Waals surface area contributed by atoms with Crippen LogP contribution in [0.2, 0.25) is 0 Å². The molecule has 0 aliphatic carbocycles. The molecule has 8 heteroatoms. The number of anilines is 2. The van der Waals surface area contributed by atoms with Crippen molar-refractivity contribution in [2.75, 3.05) is 30.0 Å². The number of aryl methyl sites for hydroxylation is 1. The van der Waals surface area contributed by atoms with Crippen LogP contribution in [0.4, 0.5) is 10.8 Å². The van der Waals surface area contributed by atoms with E-state index in [4.69, 9.17) is 4.74 Å². The van der Waals surface area contributed by atoms with Crippen LogP contribution in [-0.4, -0.2) is 41.8 Å². The molecule has 0 bridgehead atoms. The van der Waals surface area contributed by atoms with Crippen LogP contribution in [0.3, 0.4) is 0 Å². The van der Waals surface area contributed by atoms with Gasteiger partial charge >= 0.3 is 0 Å². The van der Waals surface area contributed by atoms with Gasteiger partial charge in [-0.25, -0.2) is 0 Å². The third-order valence-electron chi connectivity index (χ3n) is 4.20. The fourth-order valence-electron chi connectivity index (χ4n) is 2.77. The number of benzene rings is 1. The molecule has 1 aromatic carbocycles. The summed E-state index contributed by atoms with van der Waals surface area (Å²) >= 11 is 1.34. The number of carbonyl (C=O) groups excluding carboxylic acids is 2. The van der Waals surface area contributed by atoms with Crippen LogP contribution in [0.15, 0.2) is 24.3 Å². The second-order valence-corrected chi connectivity index (χ2v) is 7.24. The maximum atomic E-state index is 12.5. The average molecular weight is 374 g/mol. The Balaban J connectivity index is 1.57. The molecule has 1 N–H and O–H groups in total. The van der Waals surface area contributed by atoms with Crippen LogP contribution in [0.1, 0.15) is 23.9 Å². The van der Waals surface area contributed by atoms with Crippen molar-refractivity contribution in [1.82, 2.24) is 10.2 Å². The van der Waals surface area contributed by atoms with Gasteiger partial charge in [0, 0.05) is 31.7 Å². The summed E-state index contributed by atoms with van der Waals surface area (Å²) in [7, 11) is 0. The minimum Gasteiger partial charge on any atom is -0.381 e. The largest absolute Gasteiger partial charge is 0.381 e. The predicted molar refractivity (Wildman–Crippen MR) is 100 cm³/mol. The zero-order chi connectivity index (χ0) is 18.5. The number of amides is 2. The third-order valence-corrected chi connectivity index (χ3v) is 5.10. The van der Waals surface area contributed by atoms with Gasteiger partial charge in [-0.15, -0.1) is 10.2 Å². The van der Waals surface area contributed by atoms with Crippen LogP contribution in [0.25, 0.3) is 0 Å². The molecule has 26 heavy (non-hydrogen) atoms. The summed E-state index contributed by atoms with van der Waals surface area (Å²) in [5.74, 6) is -0.622. The maximum absolute atomic E-state index is 12.5. The molecule has 2 heterocycles. The first-order chi connectivity index (χ1) is 12.6. The number of hydrogen-bond acceptors (Lipinski definition) is 6. The highest BCUT2D eigenvalue weighted by Crippen LogP contribution is 2.26. The highest BCUT2D eigenvalue weighted by molar-refractivity contribution is 7.15. The van der Waals surface area contributed by atoms with E-state index < -0.39 is 0 Å². The van der Waals surface area contributed by atoms with E-state index in [2.05, 4.69) is 15.5 Å². The molecule has 1 aromatic heterocycles. The quantitative estimate of drug-likeness (QED) is 0.753. The van der Waals surface area contributed by atoms with E-state index in [1.165, 1.54) is 11.3 Å². The molecule has 3 rings (SSSR count). The zero-order valence-corrected chi connectivity index (χ0v) is 15.7. The maximum Gasteiger partial charge on any atom is 0.231 e. The number of rotatable bonds is 7. The van der Waals surface area contributed by atoms with Gasteiger partial charge in [-0.2, -0.15) is 0 Å². The van der Waals surface area contributed by atoms with Gasteiger partial charge in [0.2, 0.25) is 16.9 Å². The fraction of sp³-hybridized carbons (Fsp3) is 0.444. The van der Waals surface area contributed by atoms with Gasteiger partial charge in [-0.1, -0.05) is 29.0 Å². The molecule has 1 aliphatic rings. The first-order valence-electron chi connectivity index (χ1n) is 8.65. The van der Waals surface area contributed by atoms with Crippen LogP contribution in [0.5, 0.6) is 0 Å². The summed E-state index contributed by atoms with van der Waals surface area (Å²) in [6.45, 7) is 5.56. The fourth-order valence-corrected chi connectivity index (χ4v) is 3.50. The molecule has 138 valence electrons. The van der Waals surface area contributed by atoms with E-state index in [1.54, 1.807) is 4.90 Å². The van der Waals surface area contributed by atoms with Gasteiger partial charge in [-0.05, 0) is 26.0 Å². The highest BCUT2D eigenvalue weighted by atomic mass is 32.1. The number of ether oxygens (including phenoxy) is 1. The Morgan fingerprint density at radius 3 is 2.85 bits per heavy atom. The van der Waals surface area contributed by atoms with E-state index in [0.29, 0.717) is 31.3 Å². The molecule has 7 nitrogen and oxygen atoms in total. The van der Waals surface area contributed by atoms with Gasteiger partial charge < -0.3 is 15.0 Å². The lowest BCUT2D eigenvalue weighted by atomic mass is 10.1. The van der Waals surface area contributed by atoms with Crippen molar-refractivity contribution in [1.29, 1.82) is 0 Å². The molecule has 0 radical (unpaired) electrons.